The standard InChI is InChI=1S/C13H13BrFNO4S/c14-11-2-3-12-9(7-11)6-10(8-20-12)13(17)16-4-1-5-21(15,18)19/h2-3,6-7H,1,4-5,8H2,(H,16,17). The van der Waals surface area contributed by atoms with E-state index in [2.05, 4.69) is 21.2 Å². The fraction of sp³-hybridized carbons (Fsp3) is 0.308. The molecule has 0 aliphatic carbocycles. The van der Waals surface area contributed by atoms with E-state index in [9.17, 15) is 17.1 Å². The summed E-state index contributed by atoms with van der Waals surface area (Å²) in [4.78, 5) is 11.9. The number of halogens is 2. The fourth-order valence-corrected chi connectivity index (χ4v) is 2.71. The maximum Gasteiger partial charge on any atom is 0.302 e. The van der Waals surface area contributed by atoms with Crippen molar-refractivity contribution in [3.63, 3.8) is 0 Å². The molecular formula is C13H13BrFNO4S. The third kappa shape index (κ3) is 4.82. The van der Waals surface area contributed by atoms with Crippen LogP contribution < -0.4 is 10.1 Å². The minimum atomic E-state index is -4.49. The number of carbonyl (C=O) groups is 1. The first kappa shape index (κ1) is 16.0. The van der Waals surface area contributed by atoms with Crippen molar-refractivity contribution in [3.8, 4) is 5.75 Å². The second-order valence-electron chi connectivity index (χ2n) is 4.49. The summed E-state index contributed by atoms with van der Waals surface area (Å²) in [7, 11) is -4.49. The minimum Gasteiger partial charge on any atom is -0.488 e. The van der Waals surface area contributed by atoms with Gasteiger partial charge in [0.05, 0.1) is 11.3 Å². The van der Waals surface area contributed by atoms with Crippen LogP contribution in [0.15, 0.2) is 28.2 Å². The summed E-state index contributed by atoms with van der Waals surface area (Å²) in [5.41, 5.74) is 1.22. The van der Waals surface area contributed by atoms with Crippen LogP contribution >= 0.6 is 15.9 Å². The van der Waals surface area contributed by atoms with Crippen molar-refractivity contribution in [2.45, 2.75) is 6.42 Å². The highest BCUT2D eigenvalue weighted by Gasteiger charge is 2.17. The Balaban J connectivity index is 1.94. The van der Waals surface area contributed by atoms with Crippen LogP contribution in [0.25, 0.3) is 6.08 Å². The van der Waals surface area contributed by atoms with E-state index in [1.165, 1.54) is 0 Å². The highest BCUT2D eigenvalue weighted by Crippen LogP contribution is 2.29. The lowest BCUT2D eigenvalue weighted by atomic mass is 10.1. The van der Waals surface area contributed by atoms with Gasteiger partial charge in [-0.2, -0.15) is 8.42 Å². The molecule has 21 heavy (non-hydrogen) atoms. The Kier molecular flexibility index (Phi) is 5.00. The van der Waals surface area contributed by atoms with E-state index in [-0.39, 0.29) is 25.5 Å². The van der Waals surface area contributed by atoms with Crippen molar-refractivity contribution in [3.05, 3.63) is 33.8 Å². The van der Waals surface area contributed by atoms with E-state index < -0.39 is 16.0 Å². The molecular weight excluding hydrogens is 365 g/mol. The zero-order valence-corrected chi connectivity index (χ0v) is 13.3. The number of ether oxygens (including phenoxy) is 1. The number of fused-ring (bicyclic) bond motifs is 1. The molecule has 5 nitrogen and oxygen atoms in total. The van der Waals surface area contributed by atoms with Gasteiger partial charge in [0, 0.05) is 16.6 Å². The molecule has 0 atom stereocenters. The first-order chi connectivity index (χ1) is 9.85. The molecule has 0 bridgehead atoms. The molecule has 2 rings (SSSR count). The predicted octanol–water partition coefficient (Wildman–Crippen LogP) is 2.03. The molecule has 1 amide bonds. The molecule has 0 spiro atoms. The van der Waals surface area contributed by atoms with Crippen LogP contribution in [0.4, 0.5) is 3.89 Å². The van der Waals surface area contributed by atoms with Gasteiger partial charge in [-0.05, 0) is 30.7 Å². The van der Waals surface area contributed by atoms with Crippen molar-refractivity contribution in [2.24, 2.45) is 0 Å². The Morgan fingerprint density at radius 2 is 2.19 bits per heavy atom. The fourth-order valence-electron chi connectivity index (χ4n) is 1.84. The highest BCUT2D eigenvalue weighted by atomic mass is 79.9. The monoisotopic (exact) mass is 377 g/mol. The van der Waals surface area contributed by atoms with Gasteiger partial charge in [-0.3, -0.25) is 4.79 Å². The molecule has 0 fully saturated rings. The largest absolute Gasteiger partial charge is 0.488 e. The minimum absolute atomic E-state index is 0.0286. The molecule has 1 heterocycles. The number of benzene rings is 1. The topological polar surface area (TPSA) is 72.5 Å². The third-order valence-electron chi connectivity index (χ3n) is 2.83. The summed E-state index contributed by atoms with van der Waals surface area (Å²) in [6.45, 7) is 0.229. The molecule has 0 saturated heterocycles. The van der Waals surface area contributed by atoms with E-state index in [0.29, 0.717) is 11.3 Å². The van der Waals surface area contributed by atoms with Gasteiger partial charge < -0.3 is 10.1 Å². The van der Waals surface area contributed by atoms with E-state index in [1.807, 2.05) is 12.1 Å². The molecule has 1 N–H and O–H groups in total. The molecule has 1 aromatic rings. The summed E-state index contributed by atoms with van der Waals surface area (Å²) in [6.07, 6.45) is 1.74. The van der Waals surface area contributed by atoms with Crippen LogP contribution in [-0.2, 0) is 15.0 Å². The van der Waals surface area contributed by atoms with Crippen LogP contribution in [0.2, 0.25) is 0 Å². The lowest BCUT2D eigenvalue weighted by Gasteiger charge is -2.17. The van der Waals surface area contributed by atoms with Crippen LogP contribution in [0.1, 0.15) is 12.0 Å². The molecule has 8 heteroatoms. The molecule has 114 valence electrons. The highest BCUT2D eigenvalue weighted by molar-refractivity contribution is 9.10. The van der Waals surface area contributed by atoms with Crippen molar-refractivity contribution in [1.82, 2.24) is 5.32 Å². The molecule has 1 aliphatic heterocycles. The SMILES string of the molecule is O=C(NCCCS(=O)(=O)F)C1=Cc2cc(Br)ccc2OC1. The van der Waals surface area contributed by atoms with Gasteiger partial charge >= 0.3 is 10.2 Å². The molecule has 0 saturated carbocycles. The number of nitrogens with one attached hydrogen (secondary N) is 1. The summed E-state index contributed by atoms with van der Waals surface area (Å²) in [5, 5.41) is 2.54. The maximum atomic E-state index is 12.3. The van der Waals surface area contributed by atoms with Gasteiger partial charge in [0.25, 0.3) is 5.91 Å². The maximum absolute atomic E-state index is 12.3. The quantitative estimate of drug-likeness (QED) is 0.629. The number of carbonyl (C=O) groups excluding carboxylic acids is 1. The van der Waals surface area contributed by atoms with E-state index in [4.69, 9.17) is 4.74 Å². The molecule has 1 aromatic carbocycles. The molecule has 0 unspecified atom stereocenters. The van der Waals surface area contributed by atoms with Gasteiger partial charge in [0.2, 0.25) is 0 Å². The van der Waals surface area contributed by atoms with Crippen LogP contribution in [0.3, 0.4) is 0 Å². The summed E-state index contributed by atoms with van der Waals surface area (Å²) >= 11 is 3.34. The second kappa shape index (κ2) is 6.57. The van der Waals surface area contributed by atoms with Crippen molar-refractivity contribution >= 4 is 38.1 Å². The van der Waals surface area contributed by atoms with Crippen molar-refractivity contribution in [2.75, 3.05) is 18.9 Å². The Bertz CT molecular complexity index is 687. The summed E-state index contributed by atoms with van der Waals surface area (Å²) in [5.74, 6) is -0.256. The number of hydrogen-bond donors (Lipinski definition) is 1. The summed E-state index contributed by atoms with van der Waals surface area (Å²) in [6, 6.07) is 5.48. The average molecular weight is 378 g/mol. The zero-order chi connectivity index (χ0) is 15.5. The Hall–Kier alpha value is -1.41. The zero-order valence-electron chi connectivity index (χ0n) is 10.9. The van der Waals surface area contributed by atoms with Gasteiger partial charge in [-0.1, -0.05) is 15.9 Å². The van der Waals surface area contributed by atoms with E-state index in [1.54, 1.807) is 12.1 Å². The van der Waals surface area contributed by atoms with E-state index >= 15 is 0 Å². The lowest BCUT2D eigenvalue weighted by Crippen LogP contribution is -2.30. The van der Waals surface area contributed by atoms with Gasteiger partial charge in [-0.15, -0.1) is 3.89 Å². The Morgan fingerprint density at radius 3 is 2.90 bits per heavy atom. The average Bonchev–Trinajstić information content (AvgIpc) is 2.41. The second-order valence-corrected chi connectivity index (χ2v) is 6.89. The first-order valence-corrected chi connectivity index (χ1v) is 8.53. The Morgan fingerprint density at radius 1 is 1.43 bits per heavy atom. The van der Waals surface area contributed by atoms with Crippen LogP contribution in [-0.4, -0.2) is 33.2 Å². The first-order valence-electron chi connectivity index (χ1n) is 6.18. The van der Waals surface area contributed by atoms with E-state index in [0.717, 1.165) is 10.0 Å². The number of rotatable bonds is 5. The molecule has 0 aromatic heterocycles. The number of hydrogen-bond acceptors (Lipinski definition) is 4. The summed E-state index contributed by atoms with van der Waals surface area (Å²) < 4.78 is 39.3. The Labute approximate surface area is 130 Å². The van der Waals surface area contributed by atoms with Crippen LogP contribution in [0.5, 0.6) is 5.75 Å². The molecule has 0 radical (unpaired) electrons. The smallest absolute Gasteiger partial charge is 0.302 e. The third-order valence-corrected chi connectivity index (χ3v) is 4.10. The normalized spacial score (nSPS) is 13.9. The lowest BCUT2D eigenvalue weighted by molar-refractivity contribution is -0.117. The number of amides is 1. The van der Waals surface area contributed by atoms with Crippen molar-refractivity contribution < 1.29 is 21.8 Å². The van der Waals surface area contributed by atoms with Crippen LogP contribution in [0, 0.1) is 0 Å². The molecule has 1 aliphatic rings. The van der Waals surface area contributed by atoms with Crippen molar-refractivity contribution in [1.29, 1.82) is 0 Å². The van der Waals surface area contributed by atoms with Gasteiger partial charge in [0.1, 0.15) is 12.4 Å². The predicted molar refractivity (Wildman–Crippen MR) is 80.1 cm³/mol. The van der Waals surface area contributed by atoms with Gasteiger partial charge in [-0.25, -0.2) is 0 Å². The van der Waals surface area contributed by atoms with Gasteiger partial charge in [0.15, 0.2) is 0 Å².